The first-order valence-corrected chi connectivity index (χ1v) is 5.95. The Morgan fingerprint density at radius 2 is 1.88 bits per heavy atom. The van der Waals surface area contributed by atoms with E-state index >= 15 is 0 Å². The SMILES string of the molecule is Cc1nc(CCN)nn1-c1cc(Cl)cc(Cl)c1. The molecule has 0 aliphatic heterocycles. The van der Waals surface area contributed by atoms with Gasteiger partial charge in [-0.3, -0.25) is 0 Å². The van der Waals surface area contributed by atoms with Crippen LogP contribution in [0.25, 0.3) is 5.69 Å². The molecule has 0 unspecified atom stereocenters. The third-order valence-corrected chi connectivity index (χ3v) is 2.71. The molecular weight excluding hydrogens is 259 g/mol. The van der Waals surface area contributed by atoms with Gasteiger partial charge >= 0.3 is 0 Å². The van der Waals surface area contributed by atoms with Gasteiger partial charge in [-0.25, -0.2) is 9.67 Å². The van der Waals surface area contributed by atoms with Crippen LogP contribution in [0.4, 0.5) is 0 Å². The minimum atomic E-state index is 0.528. The minimum Gasteiger partial charge on any atom is -0.330 e. The molecule has 2 N–H and O–H groups in total. The maximum absolute atomic E-state index is 5.95. The second-order valence-corrected chi connectivity index (χ2v) is 4.53. The fraction of sp³-hybridized carbons (Fsp3) is 0.273. The van der Waals surface area contributed by atoms with E-state index in [1.165, 1.54) is 0 Å². The highest BCUT2D eigenvalue weighted by atomic mass is 35.5. The van der Waals surface area contributed by atoms with E-state index < -0.39 is 0 Å². The third-order valence-electron chi connectivity index (χ3n) is 2.27. The Bertz CT molecular complexity index is 516. The van der Waals surface area contributed by atoms with Gasteiger partial charge in [0, 0.05) is 16.5 Å². The highest BCUT2D eigenvalue weighted by Gasteiger charge is 2.08. The first-order chi connectivity index (χ1) is 8.10. The number of rotatable bonds is 3. The van der Waals surface area contributed by atoms with E-state index in [4.69, 9.17) is 28.9 Å². The highest BCUT2D eigenvalue weighted by Crippen LogP contribution is 2.22. The van der Waals surface area contributed by atoms with Gasteiger partial charge in [0.2, 0.25) is 0 Å². The fourth-order valence-electron chi connectivity index (χ4n) is 1.59. The molecule has 0 spiro atoms. The summed E-state index contributed by atoms with van der Waals surface area (Å²) in [5.74, 6) is 1.51. The van der Waals surface area contributed by atoms with Gasteiger partial charge in [0.1, 0.15) is 5.82 Å². The van der Waals surface area contributed by atoms with Crippen LogP contribution in [0, 0.1) is 6.92 Å². The van der Waals surface area contributed by atoms with Crippen LogP contribution in [0.5, 0.6) is 0 Å². The molecule has 0 amide bonds. The van der Waals surface area contributed by atoms with Gasteiger partial charge in [0.15, 0.2) is 5.82 Å². The monoisotopic (exact) mass is 270 g/mol. The highest BCUT2D eigenvalue weighted by molar-refractivity contribution is 6.34. The number of benzene rings is 1. The van der Waals surface area contributed by atoms with Crippen molar-refractivity contribution in [2.75, 3.05) is 6.54 Å². The summed E-state index contributed by atoms with van der Waals surface area (Å²) in [6.07, 6.45) is 0.655. The van der Waals surface area contributed by atoms with Gasteiger partial charge in [-0.1, -0.05) is 23.2 Å². The molecule has 0 saturated carbocycles. The Morgan fingerprint density at radius 3 is 2.47 bits per heavy atom. The zero-order valence-electron chi connectivity index (χ0n) is 9.32. The fourth-order valence-corrected chi connectivity index (χ4v) is 2.10. The van der Waals surface area contributed by atoms with E-state index in [2.05, 4.69) is 10.1 Å². The van der Waals surface area contributed by atoms with Crippen LogP contribution in [-0.2, 0) is 6.42 Å². The largest absolute Gasteiger partial charge is 0.330 e. The van der Waals surface area contributed by atoms with Crippen LogP contribution in [0.1, 0.15) is 11.6 Å². The summed E-state index contributed by atoms with van der Waals surface area (Å²) in [6.45, 7) is 2.40. The molecule has 0 atom stereocenters. The summed E-state index contributed by atoms with van der Waals surface area (Å²) in [7, 11) is 0. The van der Waals surface area contributed by atoms with Crippen LogP contribution in [-0.4, -0.2) is 21.3 Å². The average Bonchev–Trinajstić information content (AvgIpc) is 2.58. The van der Waals surface area contributed by atoms with Gasteiger partial charge in [0.25, 0.3) is 0 Å². The van der Waals surface area contributed by atoms with Crippen molar-refractivity contribution in [3.8, 4) is 5.69 Å². The summed E-state index contributed by atoms with van der Waals surface area (Å²) >= 11 is 11.9. The van der Waals surface area contributed by atoms with Gasteiger partial charge in [-0.15, -0.1) is 0 Å². The first-order valence-electron chi connectivity index (χ1n) is 5.19. The zero-order valence-corrected chi connectivity index (χ0v) is 10.8. The molecule has 1 heterocycles. The van der Waals surface area contributed by atoms with Crippen LogP contribution < -0.4 is 5.73 Å². The molecule has 2 aromatic rings. The van der Waals surface area contributed by atoms with Crippen molar-refractivity contribution < 1.29 is 0 Å². The Kier molecular flexibility index (Phi) is 3.66. The molecule has 1 aromatic heterocycles. The summed E-state index contributed by atoms with van der Waals surface area (Å²) in [5.41, 5.74) is 6.28. The second kappa shape index (κ2) is 5.04. The van der Waals surface area contributed by atoms with Crippen molar-refractivity contribution >= 4 is 23.2 Å². The number of aryl methyl sites for hydroxylation is 1. The maximum atomic E-state index is 5.95. The number of nitrogens with two attached hydrogens (primary N) is 1. The lowest BCUT2D eigenvalue weighted by Crippen LogP contribution is -2.05. The lowest BCUT2D eigenvalue weighted by atomic mass is 10.3. The molecule has 6 heteroatoms. The molecule has 0 saturated heterocycles. The zero-order chi connectivity index (χ0) is 12.4. The Balaban J connectivity index is 2.44. The smallest absolute Gasteiger partial charge is 0.152 e. The van der Waals surface area contributed by atoms with Gasteiger partial charge in [-0.2, -0.15) is 5.10 Å². The van der Waals surface area contributed by atoms with E-state index in [0.29, 0.717) is 23.0 Å². The van der Waals surface area contributed by atoms with Crippen molar-refractivity contribution in [3.63, 3.8) is 0 Å². The van der Waals surface area contributed by atoms with E-state index in [-0.39, 0.29) is 0 Å². The first kappa shape index (κ1) is 12.4. The molecule has 1 aromatic carbocycles. The molecule has 0 bridgehead atoms. The molecule has 17 heavy (non-hydrogen) atoms. The molecule has 2 rings (SSSR count). The van der Waals surface area contributed by atoms with E-state index in [0.717, 1.165) is 17.3 Å². The maximum Gasteiger partial charge on any atom is 0.152 e. The number of hydrogen-bond acceptors (Lipinski definition) is 3. The van der Waals surface area contributed by atoms with Crippen molar-refractivity contribution in [2.24, 2.45) is 5.73 Å². The summed E-state index contributed by atoms with van der Waals surface area (Å²) in [6, 6.07) is 5.27. The quantitative estimate of drug-likeness (QED) is 0.932. The van der Waals surface area contributed by atoms with Crippen molar-refractivity contribution in [1.29, 1.82) is 0 Å². The molecule has 0 radical (unpaired) electrons. The predicted octanol–water partition coefficient (Wildman–Crippen LogP) is 2.38. The van der Waals surface area contributed by atoms with Crippen LogP contribution in [0.3, 0.4) is 0 Å². The average molecular weight is 271 g/mol. The van der Waals surface area contributed by atoms with Crippen molar-refractivity contribution in [1.82, 2.24) is 14.8 Å². The van der Waals surface area contributed by atoms with Crippen LogP contribution in [0.15, 0.2) is 18.2 Å². The topological polar surface area (TPSA) is 56.7 Å². The number of nitrogens with zero attached hydrogens (tertiary/aromatic N) is 3. The molecule has 90 valence electrons. The number of hydrogen-bond donors (Lipinski definition) is 1. The van der Waals surface area contributed by atoms with Gasteiger partial charge < -0.3 is 5.73 Å². The number of aromatic nitrogens is 3. The van der Waals surface area contributed by atoms with E-state index in [1.54, 1.807) is 22.9 Å². The lowest BCUT2D eigenvalue weighted by molar-refractivity contribution is 0.804. The Hall–Kier alpha value is -1.10. The Labute approximate surface area is 109 Å². The summed E-state index contributed by atoms with van der Waals surface area (Å²) in [5, 5.41) is 5.50. The summed E-state index contributed by atoms with van der Waals surface area (Å²) in [4.78, 5) is 4.32. The van der Waals surface area contributed by atoms with Crippen molar-refractivity contribution in [3.05, 3.63) is 39.9 Å². The van der Waals surface area contributed by atoms with Crippen LogP contribution in [0.2, 0.25) is 10.0 Å². The molecule has 4 nitrogen and oxygen atoms in total. The summed E-state index contributed by atoms with van der Waals surface area (Å²) < 4.78 is 1.71. The predicted molar refractivity (Wildman–Crippen MR) is 68.9 cm³/mol. The third kappa shape index (κ3) is 2.77. The molecule has 0 aliphatic carbocycles. The molecule has 0 aliphatic rings. The van der Waals surface area contributed by atoms with Crippen molar-refractivity contribution in [2.45, 2.75) is 13.3 Å². The minimum absolute atomic E-state index is 0.528. The normalized spacial score (nSPS) is 10.8. The van der Waals surface area contributed by atoms with E-state index in [1.807, 2.05) is 6.92 Å². The Morgan fingerprint density at radius 1 is 1.24 bits per heavy atom. The lowest BCUT2D eigenvalue weighted by Gasteiger charge is -2.04. The standard InChI is InChI=1S/C11H12Cl2N4/c1-7-15-11(2-3-14)16-17(7)10-5-8(12)4-9(13)6-10/h4-6H,2-3,14H2,1H3. The van der Waals surface area contributed by atoms with Crippen LogP contribution >= 0.6 is 23.2 Å². The second-order valence-electron chi connectivity index (χ2n) is 3.65. The van der Waals surface area contributed by atoms with Gasteiger partial charge in [0.05, 0.1) is 5.69 Å². The molecular formula is C11H12Cl2N4. The van der Waals surface area contributed by atoms with Gasteiger partial charge in [-0.05, 0) is 31.7 Å². The number of halogens is 2. The van der Waals surface area contributed by atoms with E-state index in [9.17, 15) is 0 Å². The molecule has 0 fully saturated rings.